The molecule has 1 nitrogen and oxygen atoms in total. The lowest BCUT2D eigenvalue weighted by atomic mass is 10.00. The molecule has 0 bridgehead atoms. The van der Waals surface area contributed by atoms with E-state index in [0.717, 1.165) is 24.0 Å². The summed E-state index contributed by atoms with van der Waals surface area (Å²) in [5.74, 6) is -0.313. The summed E-state index contributed by atoms with van der Waals surface area (Å²) in [7, 11) is 0. The summed E-state index contributed by atoms with van der Waals surface area (Å²) < 4.78 is 13.0. The summed E-state index contributed by atoms with van der Waals surface area (Å²) in [4.78, 5) is 0. The molecule has 3 heteroatoms. The van der Waals surface area contributed by atoms with Crippen molar-refractivity contribution in [1.29, 1.82) is 0 Å². The summed E-state index contributed by atoms with van der Waals surface area (Å²) in [6.07, 6.45) is 2.00. The molecule has 1 unspecified atom stereocenters. The molecule has 0 saturated heterocycles. The number of hydrogen-bond donors (Lipinski definition) is 1. The molecule has 0 aliphatic heterocycles. The van der Waals surface area contributed by atoms with Crippen LogP contribution in [0.3, 0.4) is 0 Å². The van der Waals surface area contributed by atoms with Crippen molar-refractivity contribution in [2.45, 2.75) is 18.9 Å². The molecule has 0 fully saturated rings. The Balaban J connectivity index is 2.08. The minimum Gasteiger partial charge on any atom is -0.324 e. The standard InChI is InChI=1S/C15H13ClFN/c16-14-8-11(17)3-5-12(14)9-1-4-13-10(7-9)2-6-15(13)18/h1,3-5,7-8,15H,2,6,18H2. The van der Waals surface area contributed by atoms with Gasteiger partial charge in [0.2, 0.25) is 0 Å². The third kappa shape index (κ3) is 1.92. The second-order valence-electron chi connectivity index (χ2n) is 4.68. The predicted molar refractivity (Wildman–Crippen MR) is 72.1 cm³/mol. The van der Waals surface area contributed by atoms with Gasteiger partial charge in [0, 0.05) is 11.6 Å². The number of aryl methyl sites for hydroxylation is 1. The Morgan fingerprint density at radius 2 is 2.00 bits per heavy atom. The molecule has 1 aliphatic rings. The Hall–Kier alpha value is -1.38. The van der Waals surface area contributed by atoms with Crippen molar-refractivity contribution < 1.29 is 4.39 Å². The molecule has 18 heavy (non-hydrogen) atoms. The molecule has 2 N–H and O–H groups in total. The molecule has 0 saturated carbocycles. The van der Waals surface area contributed by atoms with Gasteiger partial charge in [-0.25, -0.2) is 4.39 Å². The fraction of sp³-hybridized carbons (Fsp3) is 0.200. The van der Waals surface area contributed by atoms with Crippen LogP contribution in [-0.4, -0.2) is 0 Å². The quantitative estimate of drug-likeness (QED) is 0.822. The van der Waals surface area contributed by atoms with Gasteiger partial charge in [0.15, 0.2) is 0 Å². The van der Waals surface area contributed by atoms with Gasteiger partial charge in [-0.3, -0.25) is 0 Å². The molecule has 2 aromatic carbocycles. The van der Waals surface area contributed by atoms with Gasteiger partial charge in [0.05, 0.1) is 5.02 Å². The minimum atomic E-state index is -0.313. The third-order valence-corrected chi connectivity index (χ3v) is 3.82. The lowest BCUT2D eigenvalue weighted by molar-refractivity contribution is 0.628. The van der Waals surface area contributed by atoms with Gasteiger partial charge in [-0.2, -0.15) is 0 Å². The highest BCUT2D eigenvalue weighted by molar-refractivity contribution is 6.33. The van der Waals surface area contributed by atoms with E-state index >= 15 is 0 Å². The smallest absolute Gasteiger partial charge is 0.124 e. The Kier molecular flexibility index (Phi) is 2.84. The van der Waals surface area contributed by atoms with E-state index in [0.29, 0.717) is 5.02 Å². The third-order valence-electron chi connectivity index (χ3n) is 3.51. The van der Waals surface area contributed by atoms with E-state index in [1.165, 1.54) is 23.3 Å². The van der Waals surface area contributed by atoms with Crippen LogP contribution in [0.5, 0.6) is 0 Å². The summed E-state index contributed by atoms with van der Waals surface area (Å²) in [5.41, 5.74) is 10.4. The van der Waals surface area contributed by atoms with Crippen LogP contribution >= 0.6 is 11.6 Å². The van der Waals surface area contributed by atoms with Crippen LogP contribution < -0.4 is 5.73 Å². The Morgan fingerprint density at radius 3 is 2.78 bits per heavy atom. The molecule has 1 atom stereocenters. The van der Waals surface area contributed by atoms with Gasteiger partial charge in [0.25, 0.3) is 0 Å². The second kappa shape index (κ2) is 4.38. The van der Waals surface area contributed by atoms with E-state index in [-0.39, 0.29) is 11.9 Å². The number of benzene rings is 2. The van der Waals surface area contributed by atoms with Crippen LogP contribution in [-0.2, 0) is 6.42 Å². The Labute approximate surface area is 110 Å². The first-order valence-corrected chi connectivity index (χ1v) is 6.37. The number of halogens is 2. The van der Waals surface area contributed by atoms with Crippen molar-refractivity contribution in [3.63, 3.8) is 0 Å². The van der Waals surface area contributed by atoms with E-state index < -0.39 is 0 Å². The zero-order valence-electron chi connectivity index (χ0n) is 9.79. The van der Waals surface area contributed by atoms with Gasteiger partial charge in [0.1, 0.15) is 5.82 Å². The van der Waals surface area contributed by atoms with Crippen LogP contribution in [0.1, 0.15) is 23.6 Å². The van der Waals surface area contributed by atoms with Crippen molar-refractivity contribution >= 4 is 11.6 Å². The first-order valence-electron chi connectivity index (χ1n) is 5.99. The molecule has 0 amide bonds. The zero-order chi connectivity index (χ0) is 12.7. The first kappa shape index (κ1) is 11.7. The van der Waals surface area contributed by atoms with Crippen molar-refractivity contribution in [1.82, 2.24) is 0 Å². The topological polar surface area (TPSA) is 26.0 Å². The molecule has 92 valence electrons. The lowest BCUT2D eigenvalue weighted by Gasteiger charge is -2.09. The lowest BCUT2D eigenvalue weighted by Crippen LogP contribution is -2.04. The molecule has 1 aliphatic carbocycles. The predicted octanol–water partition coefficient (Wildman–Crippen LogP) is 4.09. The van der Waals surface area contributed by atoms with E-state index in [4.69, 9.17) is 17.3 Å². The fourth-order valence-corrected chi connectivity index (χ4v) is 2.82. The highest BCUT2D eigenvalue weighted by Crippen LogP contribution is 2.35. The van der Waals surface area contributed by atoms with Crippen molar-refractivity contribution in [3.8, 4) is 11.1 Å². The average Bonchev–Trinajstić information content (AvgIpc) is 2.71. The summed E-state index contributed by atoms with van der Waals surface area (Å²) >= 11 is 6.08. The van der Waals surface area contributed by atoms with Gasteiger partial charge < -0.3 is 5.73 Å². The maximum Gasteiger partial charge on any atom is 0.124 e. The van der Waals surface area contributed by atoms with Crippen LogP contribution in [0.2, 0.25) is 5.02 Å². The summed E-state index contributed by atoms with van der Waals surface area (Å²) in [6.45, 7) is 0. The van der Waals surface area contributed by atoms with E-state index in [1.54, 1.807) is 6.07 Å². The van der Waals surface area contributed by atoms with Crippen molar-refractivity contribution in [2.24, 2.45) is 5.73 Å². The zero-order valence-corrected chi connectivity index (χ0v) is 10.5. The normalized spacial score (nSPS) is 17.8. The minimum absolute atomic E-state index is 0.151. The van der Waals surface area contributed by atoms with Gasteiger partial charge in [-0.1, -0.05) is 29.8 Å². The number of hydrogen-bond acceptors (Lipinski definition) is 1. The maximum absolute atomic E-state index is 13.0. The fourth-order valence-electron chi connectivity index (χ4n) is 2.54. The number of nitrogens with two attached hydrogens (primary N) is 1. The van der Waals surface area contributed by atoms with Gasteiger partial charge in [-0.15, -0.1) is 0 Å². The van der Waals surface area contributed by atoms with Crippen LogP contribution in [0.15, 0.2) is 36.4 Å². The SMILES string of the molecule is NC1CCc2cc(-c3ccc(F)cc3Cl)ccc21. The molecule has 0 spiro atoms. The molecule has 0 heterocycles. The van der Waals surface area contributed by atoms with Crippen LogP contribution in [0, 0.1) is 5.82 Å². The van der Waals surface area contributed by atoms with E-state index in [9.17, 15) is 4.39 Å². The van der Waals surface area contributed by atoms with E-state index in [1.807, 2.05) is 6.07 Å². The molecular weight excluding hydrogens is 249 g/mol. The van der Waals surface area contributed by atoms with Gasteiger partial charge >= 0.3 is 0 Å². The highest BCUT2D eigenvalue weighted by atomic mass is 35.5. The summed E-state index contributed by atoms with van der Waals surface area (Å²) in [5, 5.41) is 0.442. The molecule has 0 aromatic heterocycles. The monoisotopic (exact) mass is 261 g/mol. The molecule has 3 rings (SSSR count). The molecule has 0 radical (unpaired) electrons. The number of rotatable bonds is 1. The Morgan fingerprint density at radius 1 is 1.17 bits per heavy atom. The number of fused-ring (bicyclic) bond motifs is 1. The Bertz CT molecular complexity index is 609. The second-order valence-corrected chi connectivity index (χ2v) is 5.09. The average molecular weight is 262 g/mol. The maximum atomic E-state index is 13.0. The largest absolute Gasteiger partial charge is 0.324 e. The molecule has 2 aromatic rings. The first-order chi connectivity index (χ1) is 8.65. The molecular formula is C15H13ClFN. The van der Waals surface area contributed by atoms with Crippen molar-refractivity contribution in [2.75, 3.05) is 0 Å². The highest BCUT2D eigenvalue weighted by Gasteiger charge is 2.19. The van der Waals surface area contributed by atoms with Crippen LogP contribution in [0.4, 0.5) is 4.39 Å². The van der Waals surface area contributed by atoms with E-state index in [2.05, 4.69) is 12.1 Å². The summed E-state index contributed by atoms with van der Waals surface area (Å²) in [6, 6.07) is 10.8. The van der Waals surface area contributed by atoms with Gasteiger partial charge in [-0.05, 0) is 47.7 Å². The van der Waals surface area contributed by atoms with Crippen molar-refractivity contribution in [3.05, 3.63) is 58.4 Å². The van der Waals surface area contributed by atoms with Crippen LogP contribution in [0.25, 0.3) is 11.1 Å².